The average molecular weight is 473 g/mol. The Kier molecular flexibility index (Phi) is 6.14. The minimum absolute atomic E-state index is 0.0702. The van der Waals surface area contributed by atoms with Crippen LogP contribution in [0.3, 0.4) is 0 Å². The lowest BCUT2D eigenvalue weighted by molar-refractivity contribution is -0.150. The highest BCUT2D eigenvalue weighted by Crippen LogP contribution is 2.31. The number of aromatic hydroxyl groups is 1. The molecule has 1 aliphatic heterocycles. The summed E-state index contributed by atoms with van der Waals surface area (Å²) in [5.74, 6) is -0.192. The SMILES string of the molecule is N#Cc1ccc(CNC(=O)c2ncc3nc(N4CCC(C(=O)OC5CC5)CC4)ccc3c2O)cn1. The van der Waals surface area contributed by atoms with Crippen LogP contribution >= 0.6 is 0 Å². The van der Waals surface area contributed by atoms with Crippen LogP contribution in [0.4, 0.5) is 5.82 Å². The van der Waals surface area contributed by atoms with Crippen molar-refractivity contribution in [3.63, 3.8) is 0 Å². The van der Waals surface area contributed by atoms with Gasteiger partial charge in [-0.05, 0) is 49.4 Å². The molecule has 0 spiro atoms. The highest BCUT2D eigenvalue weighted by atomic mass is 16.5. The summed E-state index contributed by atoms with van der Waals surface area (Å²) < 4.78 is 5.44. The monoisotopic (exact) mass is 472 g/mol. The first-order valence-corrected chi connectivity index (χ1v) is 11.6. The first kappa shape index (κ1) is 22.5. The van der Waals surface area contributed by atoms with Gasteiger partial charge in [0.15, 0.2) is 11.4 Å². The van der Waals surface area contributed by atoms with Crippen LogP contribution in [0.5, 0.6) is 5.75 Å². The van der Waals surface area contributed by atoms with Crippen molar-refractivity contribution in [1.82, 2.24) is 20.3 Å². The van der Waals surface area contributed by atoms with Crippen LogP contribution in [-0.4, -0.2) is 51.1 Å². The molecule has 5 rings (SSSR count). The Bertz CT molecular complexity index is 1310. The number of anilines is 1. The second kappa shape index (κ2) is 9.54. The number of rotatable bonds is 6. The van der Waals surface area contributed by atoms with E-state index in [9.17, 15) is 14.7 Å². The number of ether oxygens (including phenoxy) is 1. The molecule has 1 aliphatic carbocycles. The number of amides is 1. The van der Waals surface area contributed by atoms with Crippen LogP contribution in [0.1, 0.15) is 47.4 Å². The summed E-state index contributed by atoms with van der Waals surface area (Å²) in [5.41, 5.74) is 1.39. The standard InChI is InChI=1S/C25H24N6O4/c26-11-17-2-1-15(12-27-17)13-29-24(33)22-23(32)19-5-6-21(30-20(19)14-28-22)31-9-7-16(8-10-31)25(34)35-18-3-4-18/h1-2,5-6,12,14,16,18,32H,3-4,7-10,13H2,(H,29,33). The van der Waals surface area contributed by atoms with Gasteiger partial charge in [-0.3, -0.25) is 9.59 Å². The van der Waals surface area contributed by atoms with Gasteiger partial charge in [0.1, 0.15) is 23.7 Å². The zero-order valence-corrected chi connectivity index (χ0v) is 19.0. The lowest BCUT2D eigenvalue weighted by Crippen LogP contribution is -2.37. The van der Waals surface area contributed by atoms with Crippen molar-refractivity contribution in [1.29, 1.82) is 5.26 Å². The number of piperidine rings is 1. The van der Waals surface area contributed by atoms with Gasteiger partial charge in [0.25, 0.3) is 5.91 Å². The van der Waals surface area contributed by atoms with Crippen molar-refractivity contribution in [2.45, 2.75) is 38.3 Å². The van der Waals surface area contributed by atoms with E-state index in [2.05, 4.69) is 25.2 Å². The van der Waals surface area contributed by atoms with Crippen LogP contribution in [0.15, 0.2) is 36.7 Å². The number of nitrogens with zero attached hydrogens (tertiary/aromatic N) is 5. The van der Waals surface area contributed by atoms with Crippen LogP contribution in [0.2, 0.25) is 0 Å². The predicted molar refractivity (Wildman–Crippen MR) is 125 cm³/mol. The van der Waals surface area contributed by atoms with E-state index >= 15 is 0 Å². The number of nitriles is 1. The second-order valence-corrected chi connectivity index (χ2v) is 8.80. The molecule has 4 heterocycles. The summed E-state index contributed by atoms with van der Waals surface area (Å²) in [5, 5.41) is 22.6. The fourth-order valence-electron chi connectivity index (χ4n) is 4.07. The van der Waals surface area contributed by atoms with Gasteiger partial charge in [-0.2, -0.15) is 5.26 Å². The molecule has 0 radical (unpaired) electrons. The molecule has 10 heteroatoms. The summed E-state index contributed by atoms with van der Waals surface area (Å²) in [6.07, 6.45) is 6.48. The minimum Gasteiger partial charge on any atom is -0.505 e. The predicted octanol–water partition coefficient (Wildman–Crippen LogP) is 2.45. The molecule has 178 valence electrons. The lowest BCUT2D eigenvalue weighted by atomic mass is 9.97. The molecule has 3 aromatic heterocycles. The van der Waals surface area contributed by atoms with Crippen molar-refractivity contribution in [2.24, 2.45) is 5.92 Å². The molecule has 2 N–H and O–H groups in total. The van der Waals surface area contributed by atoms with Crippen molar-refractivity contribution in [2.75, 3.05) is 18.0 Å². The molecule has 1 saturated carbocycles. The Morgan fingerprint density at radius 2 is 1.91 bits per heavy atom. The quantitative estimate of drug-likeness (QED) is 0.517. The number of pyridine rings is 3. The molecule has 2 aliphatic rings. The zero-order valence-electron chi connectivity index (χ0n) is 19.0. The molecule has 1 amide bonds. The molecule has 0 aromatic carbocycles. The number of aromatic nitrogens is 3. The highest BCUT2D eigenvalue weighted by Gasteiger charge is 2.32. The number of hydrogen-bond donors (Lipinski definition) is 2. The average Bonchev–Trinajstić information content (AvgIpc) is 3.71. The largest absolute Gasteiger partial charge is 0.505 e. The maximum atomic E-state index is 12.6. The summed E-state index contributed by atoms with van der Waals surface area (Å²) in [6, 6.07) is 8.73. The normalized spacial score (nSPS) is 16.0. The van der Waals surface area contributed by atoms with E-state index in [-0.39, 0.29) is 36.0 Å². The van der Waals surface area contributed by atoms with Gasteiger partial charge in [-0.25, -0.2) is 15.0 Å². The van der Waals surface area contributed by atoms with Crippen molar-refractivity contribution in [3.8, 4) is 11.8 Å². The van der Waals surface area contributed by atoms with Crippen LogP contribution < -0.4 is 10.2 Å². The summed E-state index contributed by atoms with van der Waals surface area (Å²) in [6.45, 7) is 1.55. The fraction of sp³-hybridized carbons (Fsp3) is 0.360. The number of fused-ring (bicyclic) bond motifs is 1. The maximum absolute atomic E-state index is 12.6. The van der Waals surface area contributed by atoms with Crippen molar-refractivity contribution in [3.05, 3.63) is 53.6 Å². The Hall–Kier alpha value is -4.26. The van der Waals surface area contributed by atoms with Gasteiger partial charge in [0.2, 0.25) is 0 Å². The van der Waals surface area contributed by atoms with Crippen LogP contribution in [-0.2, 0) is 16.1 Å². The molecule has 2 fully saturated rings. The molecule has 35 heavy (non-hydrogen) atoms. The number of carbonyl (C=O) groups is 2. The van der Waals surface area contributed by atoms with E-state index in [1.165, 1.54) is 12.4 Å². The van der Waals surface area contributed by atoms with Gasteiger partial charge in [-0.1, -0.05) is 6.07 Å². The Morgan fingerprint density at radius 3 is 2.60 bits per heavy atom. The Labute approximate surface area is 201 Å². The maximum Gasteiger partial charge on any atom is 0.309 e. The van der Waals surface area contributed by atoms with Gasteiger partial charge in [0.05, 0.1) is 17.6 Å². The van der Waals surface area contributed by atoms with Gasteiger partial charge in [0, 0.05) is 31.2 Å². The number of esters is 1. The van der Waals surface area contributed by atoms with E-state index < -0.39 is 5.91 Å². The first-order chi connectivity index (χ1) is 17.0. The van der Waals surface area contributed by atoms with Gasteiger partial charge in [-0.15, -0.1) is 0 Å². The topological polar surface area (TPSA) is 141 Å². The van der Waals surface area contributed by atoms with Crippen LogP contribution in [0, 0.1) is 17.2 Å². The number of hydrogen-bond acceptors (Lipinski definition) is 9. The first-order valence-electron chi connectivity index (χ1n) is 11.6. The third kappa shape index (κ3) is 4.99. The molecule has 0 bridgehead atoms. The third-order valence-corrected chi connectivity index (χ3v) is 6.27. The molecule has 1 saturated heterocycles. The Morgan fingerprint density at radius 1 is 1.11 bits per heavy atom. The van der Waals surface area contributed by atoms with E-state index in [4.69, 9.17) is 10.00 Å². The summed E-state index contributed by atoms with van der Waals surface area (Å²) in [7, 11) is 0. The third-order valence-electron chi connectivity index (χ3n) is 6.27. The molecule has 0 unspecified atom stereocenters. The second-order valence-electron chi connectivity index (χ2n) is 8.80. The number of nitrogens with one attached hydrogen (secondary N) is 1. The van der Waals surface area contributed by atoms with Gasteiger partial charge >= 0.3 is 5.97 Å². The smallest absolute Gasteiger partial charge is 0.309 e. The molecular formula is C25H24N6O4. The summed E-state index contributed by atoms with van der Waals surface area (Å²) >= 11 is 0. The van der Waals surface area contributed by atoms with Crippen molar-refractivity contribution >= 4 is 28.6 Å². The van der Waals surface area contributed by atoms with Gasteiger partial charge < -0.3 is 20.1 Å². The zero-order chi connectivity index (χ0) is 24.4. The van der Waals surface area contributed by atoms with Crippen molar-refractivity contribution < 1.29 is 19.4 Å². The number of carbonyl (C=O) groups excluding carboxylic acids is 2. The highest BCUT2D eigenvalue weighted by molar-refractivity contribution is 6.00. The lowest BCUT2D eigenvalue weighted by Gasteiger charge is -2.31. The van der Waals surface area contributed by atoms with E-state index in [0.717, 1.165) is 18.7 Å². The fourth-order valence-corrected chi connectivity index (χ4v) is 4.07. The van der Waals surface area contributed by atoms with E-state index in [1.807, 2.05) is 6.07 Å². The van der Waals surface area contributed by atoms with E-state index in [0.29, 0.717) is 48.1 Å². The minimum atomic E-state index is -0.530. The molecule has 10 nitrogen and oxygen atoms in total. The van der Waals surface area contributed by atoms with Crippen LogP contribution in [0.25, 0.3) is 10.9 Å². The Balaban J connectivity index is 1.23. The molecule has 0 atom stereocenters. The summed E-state index contributed by atoms with van der Waals surface area (Å²) in [4.78, 5) is 39.6. The molecule has 3 aromatic rings. The van der Waals surface area contributed by atoms with E-state index in [1.54, 1.807) is 24.3 Å². The molecular weight excluding hydrogens is 448 g/mol.